The normalized spacial score (nSPS) is 32.5. The molecule has 0 unspecified atom stereocenters. The fraction of sp³-hybridized carbons (Fsp3) is 1.00. The zero-order valence-corrected chi connectivity index (χ0v) is 26.0. The Labute approximate surface area is 198 Å². The van der Waals surface area contributed by atoms with Crippen molar-refractivity contribution >= 4 is 18.7 Å². The minimum atomic E-state index is -1.86. The molecule has 0 aromatic heterocycles. The van der Waals surface area contributed by atoms with Gasteiger partial charge in [-0.2, -0.15) is 0 Å². The van der Waals surface area contributed by atoms with Crippen molar-refractivity contribution in [1.29, 1.82) is 0 Å². The minimum absolute atomic E-state index is 0.0912. The molecule has 0 aromatic carbocycles. The van der Waals surface area contributed by atoms with Crippen molar-refractivity contribution < 1.29 is 4.12 Å². The van der Waals surface area contributed by atoms with Gasteiger partial charge in [0, 0.05) is 46.3 Å². The van der Waals surface area contributed by atoms with Gasteiger partial charge in [-0.15, -0.1) is 0 Å². The molecular weight excluding hydrogens is 416 g/mol. The van der Waals surface area contributed by atoms with Gasteiger partial charge in [0.2, 0.25) is 0 Å². The quantitative estimate of drug-likeness (QED) is 0.556. The van der Waals surface area contributed by atoms with E-state index in [0.717, 1.165) is 0 Å². The van der Waals surface area contributed by atoms with E-state index in [4.69, 9.17) is 4.12 Å². The molecule has 5 nitrogen and oxygen atoms in total. The second-order valence-electron chi connectivity index (χ2n) is 14.1. The summed E-state index contributed by atoms with van der Waals surface area (Å²) in [5.74, 6) is 0. The van der Waals surface area contributed by atoms with Crippen LogP contribution in [-0.4, -0.2) is 83.3 Å². The summed E-state index contributed by atoms with van der Waals surface area (Å²) in [6.07, 6.45) is 0. The molecule has 0 N–H and O–H groups in total. The first kappa shape index (κ1) is 27.5. The lowest BCUT2D eigenvalue weighted by Gasteiger charge is -2.48. The highest BCUT2D eigenvalue weighted by Crippen LogP contribution is 2.41. The Morgan fingerprint density at radius 3 is 0.710 bits per heavy atom. The van der Waals surface area contributed by atoms with E-state index in [1.165, 1.54) is 0 Å². The predicted octanol–water partition coefficient (Wildman–Crippen LogP) is 4.42. The maximum atomic E-state index is 7.59. The van der Waals surface area contributed by atoms with Gasteiger partial charge in [0.15, 0.2) is 0 Å². The summed E-state index contributed by atoms with van der Waals surface area (Å²) in [5, 5.41) is 0. The van der Waals surface area contributed by atoms with Gasteiger partial charge < -0.3 is 4.12 Å². The van der Waals surface area contributed by atoms with Crippen LogP contribution < -0.4 is 0 Å². The Hall–Kier alpha value is 0.234. The monoisotopic (exact) mass is 470 g/mol. The average molecular weight is 471 g/mol. The molecule has 0 aliphatic carbocycles. The SMILES string of the molecule is C[C@@H]1[C@@H](C)N(C(C)(C)C)[SiH](O[SiH]2N(C(C)(C)C)[C@H](C)[C@@H](C)N2C(C)(C)C)N1C(C)(C)C. The van der Waals surface area contributed by atoms with Crippen molar-refractivity contribution in [2.75, 3.05) is 0 Å². The van der Waals surface area contributed by atoms with E-state index < -0.39 is 18.7 Å². The molecule has 184 valence electrons. The first-order chi connectivity index (χ1) is 13.6. The van der Waals surface area contributed by atoms with Crippen LogP contribution in [0, 0.1) is 0 Å². The number of rotatable bonds is 2. The largest absolute Gasteiger partial charge is 0.413 e. The molecule has 31 heavy (non-hydrogen) atoms. The molecule has 0 bridgehead atoms. The molecule has 4 atom stereocenters. The fourth-order valence-electron chi connectivity index (χ4n) is 6.14. The van der Waals surface area contributed by atoms with Crippen LogP contribution in [0.3, 0.4) is 0 Å². The summed E-state index contributed by atoms with van der Waals surface area (Å²) < 4.78 is 18.7. The highest BCUT2D eigenvalue weighted by molar-refractivity contribution is 6.61. The average Bonchev–Trinajstić information content (AvgIpc) is 2.89. The van der Waals surface area contributed by atoms with Crippen LogP contribution in [0.5, 0.6) is 0 Å². The first-order valence-electron chi connectivity index (χ1n) is 12.4. The van der Waals surface area contributed by atoms with E-state index in [1.54, 1.807) is 0 Å². The second kappa shape index (κ2) is 8.47. The van der Waals surface area contributed by atoms with Crippen LogP contribution in [0.25, 0.3) is 0 Å². The van der Waals surface area contributed by atoms with Crippen molar-refractivity contribution in [2.45, 2.75) is 157 Å². The van der Waals surface area contributed by atoms with E-state index in [-0.39, 0.29) is 22.2 Å². The van der Waals surface area contributed by atoms with Crippen LogP contribution >= 0.6 is 0 Å². The Morgan fingerprint density at radius 2 is 0.581 bits per heavy atom. The summed E-state index contributed by atoms with van der Waals surface area (Å²) in [4.78, 5) is 0. The van der Waals surface area contributed by atoms with Crippen molar-refractivity contribution in [3.63, 3.8) is 0 Å². The van der Waals surface area contributed by atoms with E-state index in [0.29, 0.717) is 24.2 Å². The molecule has 2 aliphatic heterocycles. The molecule has 2 rings (SSSR count). The van der Waals surface area contributed by atoms with Gasteiger partial charge in [0.1, 0.15) is 0 Å². The van der Waals surface area contributed by atoms with E-state index in [9.17, 15) is 0 Å². The van der Waals surface area contributed by atoms with E-state index in [2.05, 4.69) is 129 Å². The summed E-state index contributed by atoms with van der Waals surface area (Å²) >= 11 is 0. The Kier molecular flexibility index (Phi) is 7.51. The van der Waals surface area contributed by atoms with Crippen molar-refractivity contribution in [3.8, 4) is 0 Å². The van der Waals surface area contributed by atoms with Crippen molar-refractivity contribution in [1.82, 2.24) is 18.3 Å². The Morgan fingerprint density at radius 1 is 0.419 bits per heavy atom. The van der Waals surface area contributed by atoms with Gasteiger partial charge in [-0.3, -0.25) is 18.3 Å². The molecule has 2 heterocycles. The molecule has 2 fully saturated rings. The molecule has 0 amide bonds. The summed E-state index contributed by atoms with van der Waals surface area (Å²) in [7, 11) is -3.72. The van der Waals surface area contributed by atoms with Crippen LogP contribution in [0.1, 0.15) is 111 Å². The highest BCUT2D eigenvalue weighted by atomic mass is 28.4. The zero-order chi connectivity index (χ0) is 24.5. The molecule has 2 saturated heterocycles. The summed E-state index contributed by atoms with van der Waals surface area (Å²) in [5.41, 5.74) is 0.365. The number of nitrogens with zero attached hydrogens (tertiary/aromatic N) is 4. The smallest absolute Gasteiger partial charge is 0.333 e. The van der Waals surface area contributed by atoms with Crippen LogP contribution in [0.4, 0.5) is 0 Å². The zero-order valence-electron chi connectivity index (χ0n) is 23.7. The number of hydrogen-bond acceptors (Lipinski definition) is 5. The third kappa shape index (κ3) is 5.18. The van der Waals surface area contributed by atoms with E-state index >= 15 is 0 Å². The molecule has 0 radical (unpaired) electrons. The van der Waals surface area contributed by atoms with Gasteiger partial charge >= 0.3 is 18.7 Å². The molecule has 0 spiro atoms. The molecule has 7 heteroatoms. The predicted molar refractivity (Wildman–Crippen MR) is 140 cm³/mol. The lowest BCUT2D eigenvalue weighted by molar-refractivity contribution is 0.164. The van der Waals surface area contributed by atoms with Crippen LogP contribution in [0.15, 0.2) is 0 Å². The third-order valence-electron chi connectivity index (χ3n) is 7.45. The maximum absolute atomic E-state index is 7.59. The minimum Gasteiger partial charge on any atom is -0.413 e. The second-order valence-corrected chi connectivity index (χ2v) is 18.7. The highest BCUT2D eigenvalue weighted by Gasteiger charge is 2.59. The summed E-state index contributed by atoms with van der Waals surface area (Å²) in [6, 6.07) is 1.97. The van der Waals surface area contributed by atoms with E-state index in [1.807, 2.05) is 0 Å². The van der Waals surface area contributed by atoms with Crippen molar-refractivity contribution in [3.05, 3.63) is 0 Å². The molecule has 0 saturated carbocycles. The Balaban J connectivity index is 2.61. The lowest BCUT2D eigenvalue weighted by atomic mass is 10.0. The third-order valence-corrected chi connectivity index (χ3v) is 16.3. The van der Waals surface area contributed by atoms with Crippen LogP contribution in [0.2, 0.25) is 0 Å². The van der Waals surface area contributed by atoms with Gasteiger partial charge in [0.25, 0.3) is 0 Å². The van der Waals surface area contributed by atoms with Gasteiger partial charge in [-0.1, -0.05) is 0 Å². The van der Waals surface area contributed by atoms with Gasteiger partial charge in [-0.25, -0.2) is 0 Å². The number of hydrogen-bond donors (Lipinski definition) is 0. The maximum Gasteiger partial charge on any atom is 0.333 e. The molecule has 2 aliphatic rings. The standard InChI is InChI=1S/C24H54N4OSi2/c1-17-18(2)26(22(8,9)10)30(25(17)21(5,6)7)29-31-27(23(11,12)13)19(3)20(4)28(31)24(14,15)16/h17-20,30-31H,1-16H3/t17-,18-,19-,20-/m1/s1. The van der Waals surface area contributed by atoms with Crippen molar-refractivity contribution in [2.24, 2.45) is 0 Å². The van der Waals surface area contributed by atoms with Crippen LogP contribution in [-0.2, 0) is 4.12 Å². The fourth-order valence-corrected chi connectivity index (χ4v) is 14.9. The molecule has 0 aromatic rings. The molecular formula is C24H54N4OSi2. The summed E-state index contributed by atoms with van der Waals surface area (Å²) in [6.45, 7) is 38.1. The first-order valence-corrected chi connectivity index (χ1v) is 15.4. The topological polar surface area (TPSA) is 22.2 Å². The lowest BCUT2D eigenvalue weighted by Crippen LogP contribution is -2.67. The van der Waals surface area contributed by atoms with Gasteiger partial charge in [0.05, 0.1) is 0 Å². The van der Waals surface area contributed by atoms with Gasteiger partial charge in [-0.05, 0) is 111 Å². The Bertz CT molecular complexity index is 525.